The molecule has 6 nitrogen and oxygen atoms in total. The summed E-state index contributed by atoms with van der Waals surface area (Å²) in [6.45, 7) is 1.83. The minimum atomic E-state index is -4.02. The average Bonchev–Trinajstić information content (AvgIpc) is 2.73. The van der Waals surface area contributed by atoms with Gasteiger partial charge < -0.3 is 10.1 Å². The normalized spacial score (nSPS) is 11.0. The summed E-state index contributed by atoms with van der Waals surface area (Å²) in [5, 5.41) is 2.53. The van der Waals surface area contributed by atoms with E-state index in [0.717, 1.165) is 10.4 Å². The van der Waals surface area contributed by atoms with E-state index in [4.69, 9.17) is 4.74 Å². The molecule has 8 heteroatoms. The number of ether oxygens (including phenoxy) is 1. The molecule has 3 aromatic rings. The molecule has 0 radical (unpaired) electrons. The zero-order chi connectivity index (χ0) is 21.6. The van der Waals surface area contributed by atoms with E-state index in [1.54, 1.807) is 42.5 Å². The molecule has 3 aromatic carbocycles. The molecule has 0 unspecified atom stereocenters. The quantitative estimate of drug-likeness (QED) is 0.587. The Hall–Kier alpha value is -3.39. The van der Waals surface area contributed by atoms with Crippen molar-refractivity contribution in [2.45, 2.75) is 11.8 Å². The monoisotopic (exact) mass is 428 g/mol. The van der Waals surface area contributed by atoms with Crippen molar-refractivity contribution in [3.63, 3.8) is 0 Å². The number of carbonyl (C=O) groups excluding carboxylic acids is 1. The minimum absolute atomic E-state index is 0.0532. The first-order valence-electron chi connectivity index (χ1n) is 9.26. The Labute approximate surface area is 175 Å². The summed E-state index contributed by atoms with van der Waals surface area (Å²) in [5.74, 6) is -0.524. The second kappa shape index (κ2) is 9.41. The van der Waals surface area contributed by atoms with Gasteiger partial charge in [0, 0.05) is 5.69 Å². The van der Waals surface area contributed by atoms with Gasteiger partial charge in [-0.15, -0.1) is 0 Å². The van der Waals surface area contributed by atoms with Gasteiger partial charge in [-0.1, -0.05) is 24.3 Å². The van der Waals surface area contributed by atoms with Gasteiger partial charge in [0.25, 0.3) is 10.0 Å². The van der Waals surface area contributed by atoms with E-state index in [2.05, 4.69) is 5.32 Å². The number of nitrogens with zero attached hydrogens (tertiary/aromatic N) is 1. The molecule has 0 atom stereocenters. The summed E-state index contributed by atoms with van der Waals surface area (Å²) in [5.41, 5.74) is 0.542. The summed E-state index contributed by atoms with van der Waals surface area (Å²) in [4.78, 5) is 12.6. The van der Waals surface area contributed by atoms with Crippen LogP contribution in [0.15, 0.2) is 83.8 Å². The van der Waals surface area contributed by atoms with Gasteiger partial charge in [-0.2, -0.15) is 0 Å². The van der Waals surface area contributed by atoms with Crippen molar-refractivity contribution in [2.75, 3.05) is 22.8 Å². The molecule has 0 fully saturated rings. The predicted octanol–water partition coefficient (Wildman–Crippen LogP) is 4.06. The molecule has 30 heavy (non-hydrogen) atoms. The van der Waals surface area contributed by atoms with Crippen LogP contribution in [0.4, 0.5) is 15.8 Å². The summed E-state index contributed by atoms with van der Waals surface area (Å²) >= 11 is 0. The first-order valence-corrected chi connectivity index (χ1v) is 10.7. The molecule has 0 aliphatic heterocycles. The Balaban J connectivity index is 1.92. The molecule has 3 rings (SSSR count). The first-order chi connectivity index (χ1) is 14.4. The van der Waals surface area contributed by atoms with Crippen molar-refractivity contribution < 1.29 is 22.3 Å². The molecule has 0 spiro atoms. The van der Waals surface area contributed by atoms with Crippen LogP contribution < -0.4 is 14.4 Å². The predicted molar refractivity (Wildman–Crippen MR) is 114 cm³/mol. The molecule has 0 bridgehead atoms. The number of nitrogens with one attached hydrogen (secondary N) is 1. The third-order valence-electron chi connectivity index (χ3n) is 4.16. The maximum absolute atomic E-state index is 13.4. The molecule has 0 aliphatic carbocycles. The summed E-state index contributed by atoms with van der Waals surface area (Å²) in [7, 11) is -4.02. The second-order valence-electron chi connectivity index (χ2n) is 6.31. The van der Waals surface area contributed by atoms with Gasteiger partial charge in [-0.05, 0) is 61.5 Å². The van der Waals surface area contributed by atoms with Gasteiger partial charge in [0.05, 0.1) is 17.2 Å². The number of hydrogen-bond donors (Lipinski definition) is 1. The minimum Gasteiger partial charge on any atom is -0.494 e. The number of halogens is 1. The van der Waals surface area contributed by atoms with E-state index < -0.39 is 28.3 Å². The summed E-state index contributed by atoms with van der Waals surface area (Å²) < 4.78 is 46.3. The van der Waals surface area contributed by atoms with Crippen LogP contribution in [0.2, 0.25) is 0 Å². The molecule has 0 saturated heterocycles. The number of sulfonamides is 1. The maximum Gasteiger partial charge on any atom is 0.264 e. The van der Waals surface area contributed by atoms with Gasteiger partial charge in [-0.3, -0.25) is 9.10 Å². The highest BCUT2D eigenvalue weighted by Gasteiger charge is 2.27. The lowest BCUT2D eigenvalue weighted by molar-refractivity contribution is -0.114. The van der Waals surface area contributed by atoms with Crippen molar-refractivity contribution in [3.05, 3.63) is 84.7 Å². The van der Waals surface area contributed by atoms with Crippen molar-refractivity contribution in [2.24, 2.45) is 0 Å². The number of carbonyl (C=O) groups is 1. The van der Waals surface area contributed by atoms with Crippen molar-refractivity contribution in [1.29, 1.82) is 0 Å². The fraction of sp³-hybridized carbons (Fsp3) is 0.136. The Morgan fingerprint density at radius 1 is 1.00 bits per heavy atom. The third kappa shape index (κ3) is 5.15. The average molecular weight is 428 g/mol. The zero-order valence-corrected chi connectivity index (χ0v) is 17.1. The van der Waals surface area contributed by atoms with Gasteiger partial charge >= 0.3 is 0 Å². The zero-order valence-electron chi connectivity index (χ0n) is 16.3. The molecule has 0 saturated carbocycles. The van der Waals surface area contributed by atoms with Crippen molar-refractivity contribution >= 4 is 27.3 Å². The highest BCUT2D eigenvalue weighted by Crippen LogP contribution is 2.26. The van der Waals surface area contributed by atoms with Crippen LogP contribution in [-0.2, 0) is 14.8 Å². The maximum atomic E-state index is 13.4. The van der Waals surface area contributed by atoms with Crippen LogP contribution in [0.25, 0.3) is 0 Å². The van der Waals surface area contributed by atoms with E-state index >= 15 is 0 Å². The van der Waals surface area contributed by atoms with E-state index in [1.165, 1.54) is 30.3 Å². The Morgan fingerprint density at radius 2 is 1.70 bits per heavy atom. The number of anilines is 2. The molecule has 156 valence electrons. The first kappa shape index (κ1) is 21.3. The number of rotatable bonds is 8. The fourth-order valence-electron chi connectivity index (χ4n) is 2.81. The van der Waals surface area contributed by atoms with Crippen LogP contribution in [0, 0.1) is 5.82 Å². The Kier molecular flexibility index (Phi) is 6.68. The lowest BCUT2D eigenvalue weighted by Crippen LogP contribution is -2.38. The molecule has 0 aromatic heterocycles. The van der Waals surface area contributed by atoms with Gasteiger partial charge in [0.2, 0.25) is 5.91 Å². The van der Waals surface area contributed by atoms with Crippen molar-refractivity contribution in [1.82, 2.24) is 0 Å². The smallest absolute Gasteiger partial charge is 0.264 e. The lowest BCUT2D eigenvalue weighted by Gasteiger charge is -2.24. The van der Waals surface area contributed by atoms with Crippen LogP contribution >= 0.6 is 0 Å². The van der Waals surface area contributed by atoms with E-state index in [9.17, 15) is 17.6 Å². The molecular formula is C22H21FN2O4S. The SMILES string of the molecule is CCOc1ccc(N(CC(=O)Nc2cccc(F)c2)S(=O)(=O)c2ccccc2)cc1. The largest absolute Gasteiger partial charge is 0.494 e. The molecule has 0 aliphatic rings. The van der Waals surface area contributed by atoms with Crippen LogP contribution in [0.1, 0.15) is 6.92 Å². The Bertz CT molecular complexity index is 1100. The number of hydrogen-bond acceptors (Lipinski definition) is 4. The Morgan fingerprint density at radius 3 is 2.33 bits per heavy atom. The summed E-state index contributed by atoms with van der Waals surface area (Å²) in [6.07, 6.45) is 0. The molecule has 1 N–H and O–H groups in total. The highest BCUT2D eigenvalue weighted by molar-refractivity contribution is 7.92. The number of benzene rings is 3. The molecular weight excluding hydrogens is 407 g/mol. The van der Waals surface area contributed by atoms with E-state index in [-0.39, 0.29) is 10.6 Å². The molecule has 1 amide bonds. The van der Waals surface area contributed by atoms with E-state index in [0.29, 0.717) is 18.0 Å². The fourth-order valence-corrected chi connectivity index (χ4v) is 4.25. The van der Waals surface area contributed by atoms with E-state index in [1.807, 2.05) is 6.92 Å². The van der Waals surface area contributed by atoms with Crippen LogP contribution in [-0.4, -0.2) is 27.5 Å². The summed E-state index contributed by atoms with van der Waals surface area (Å²) in [6, 6.07) is 19.6. The lowest BCUT2D eigenvalue weighted by atomic mass is 10.3. The van der Waals surface area contributed by atoms with Crippen LogP contribution in [0.3, 0.4) is 0 Å². The van der Waals surface area contributed by atoms with Gasteiger partial charge in [0.1, 0.15) is 18.1 Å². The molecule has 0 heterocycles. The van der Waals surface area contributed by atoms with Crippen LogP contribution in [0.5, 0.6) is 5.75 Å². The van der Waals surface area contributed by atoms with Crippen molar-refractivity contribution in [3.8, 4) is 5.75 Å². The second-order valence-corrected chi connectivity index (χ2v) is 8.17. The third-order valence-corrected chi connectivity index (χ3v) is 5.95. The topological polar surface area (TPSA) is 75.7 Å². The van der Waals surface area contributed by atoms with Gasteiger partial charge in [0.15, 0.2) is 0 Å². The number of amides is 1. The highest BCUT2D eigenvalue weighted by atomic mass is 32.2. The van der Waals surface area contributed by atoms with Gasteiger partial charge in [-0.25, -0.2) is 12.8 Å². The standard InChI is InChI=1S/C22H21FN2O4S/c1-2-29-20-13-11-19(12-14-20)25(30(27,28)21-9-4-3-5-10-21)16-22(26)24-18-8-6-7-17(23)15-18/h3-15H,2,16H2,1H3,(H,24,26).